The van der Waals surface area contributed by atoms with Crippen LogP contribution in [-0.2, 0) is 5.41 Å². The molecule has 0 aromatic heterocycles. The van der Waals surface area contributed by atoms with Gasteiger partial charge >= 0.3 is 0 Å². The van der Waals surface area contributed by atoms with E-state index in [4.69, 9.17) is 0 Å². The first-order chi connectivity index (χ1) is 7.52. The highest BCUT2D eigenvalue weighted by Gasteiger charge is 2.37. The van der Waals surface area contributed by atoms with E-state index in [0.717, 1.165) is 6.54 Å². The van der Waals surface area contributed by atoms with E-state index < -0.39 is 0 Å². The number of aromatic hydroxyl groups is 1. The molecule has 2 rings (SSSR count). The monoisotopic (exact) mass is 255 g/mol. The summed E-state index contributed by atoms with van der Waals surface area (Å²) in [7, 11) is 2.17. The molecule has 2 unspecified atom stereocenters. The number of nitrogens with zero attached hydrogens (tertiary/aromatic N) is 1. The normalized spacial score (nSPS) is 29.7. The molecule has 0 radical (unpaired) electrons. The number of halogens is 1. The molecule has 0 bridgehead atoms. The SMILES string of the molecule is CC1CCN(C)CC1(C)c1cccc(O)c1.Cl. The highest BCUT2D eigenvalue weighted by atomic mass is 35.5. The predicted octanol–water partition coefficient (Wildman–Crippen LogP) is 3.04. The van der Waals surface area contributed by atoms with Crippen molar-refractivity contribution < 1.29 is 5.11 Å². The largest absolute Gasteiger partial charge is 0.508 e. The van der Waals surface area contributed by atoms with Crippen LogP contribution in [0.3, 0.4) is 0 Å². The summed E-state index contributed by atoms with van der Waals surface area (Å²) < 4.78 is 0. The van der Waals surface area contributed by atoms with E-state index in [9.17, 15) is 5.11 Å². The average molecular weight is 256 g/mol. The van der Waals surface area contributed by atoms with E-state index >= 15 is 0 Å². The predicted molar refractivity (Wildman–Crippen MR) is 74.0 cm³/mol. The summed E-state index contributed by atoms with van der Waals surface area (Å²) in [6.45, 7) is 6.87. The average Bonchev–Trinajstić information content (AvgIpc) is 2.24. The lowest BCUT2D eigenvalue weighted by Gasteiger charge is -2.44. The summed E-state index contributed by atoms with van der Waals surface area (Å²) in [4.78, 5) is 2.38. The quantitative estimate of drug-likeness (QED) is 0.834. The van der Waals surface area contributed by atoms with Gasteiger partial charge in [-0.15, -0.1) is 12.4 Å². The fourth-order valence-electron chi connectivity index (χ4n) is 2.77. The third-order valence-electron chi connectivity index (χ3n) is 4.14. The first-order valence-corrected chi connectivity index (χ1v) is 6.00. The summed E-state index contributed by atoms with van der Waals surface area (Å²) in [6, 6.07) is 7.73. The molecule has 1 N–H and O–H groups in total. The standard InChI is InChI=1S/C14H21NO.ClH/c1-11-7-8-15(3)10-14(11,2)12-5-4-6-13(16)9-12;/h4-6,9,11,16H,7-8,10H2,1-3H3;1H. The van der Waals surface area contributed by atoms with Gasteiger partial charge < -0.3 is 10.0 Å². The second-order valence-electron chi connectivity index (χ2n) is 5.40. The van der Waals surface area contributed by atoms with Crippen LogP contribution in [-0.4, -0.2) is 30.1 Å². The summed E-state index contributed by atoms with van der Waals surface area (Å²) in [5.74, 6) is 1.03. The molecule has 1 heterocycles. The van der Waals surface area contributed by atoms with Gasteiger partial charge in [0.1, 0.15) is 5.75 Å². The van der Waals surface area contributed by atoms with E-state index in [0.29, 0.717) is 11.7 Å². The first kappa shape index (κ1) is 14.3. The number of hydrogen-bond donors (Lipinski definition) is 1. The Hall–Kier alpha value is -0.730. The van der Waals surface area contributed by atoms with Crippen LogP contribution in [0.1, 0.15) is 25.8 Å². The smallest absolute Gasteiger partial charge is 0.115 e. The summed E-state index contributed by atoms with van der Waals surface area (Å²) in [5.41, 5.74) is 1.41. The highest BCUT2D eigenvalue weighted by molar-refractivity contribution is 5.85. The third kappa shape index (κ3) is 2.75. The van der Waals surface area contributed by atoms with Crippen molar-refractivity contribution >= 4 is 12.4 Å². The topological polar surface area (TPSA) is 23.5 Å². The fraction of sp³-hybridized carbons (Fsp3) is 0.571. The van der Waals surface area contributed by atoms with E-state index in [-0.39, 0.29) is 17.8 Å². The Morgan fingerprint density at radius 1 is 1.41 bits per heavy atom. The molecule has 2 atom stereocenters. The molecule has 3 heteroatoms. The van der Waals surface area contributed by atoms with E-state index in [1.165, 1.54) is 18.5 Å². The lowest BCUT2D eigenvalue weighted by Crippen LogP contribution is -2.47. The van der Waals surface area contributed by atoms with Crippen molar-refractivity contribution in [3.63, 3.8) is 0 Å². The van der Waals surface area contributed by atoms with E-state index in [2.05, 4.69) is 31.9 Å². The zero-order chi connectivity index (χ0) is 11.8. The number of phenols is 1. The van der Waals surface area contributed by atoms with Crippen molar-refractivity contribution in [3.8, 4) is 5.75 Å². The number of phenolic OH excluding ortho intramolecular Hbond substituents is 1. The first-order valence-electron chi connectivity index (χ1n) is 6.00. The molecule has 1 aliphatic heterocycles. The number of likely N-dealkylation sites (tertiary alicyclic amines) is 1. The van der Waals surface area contributed by atoms with Crippen LogP contribution >= 0.6 is 12.4 Å². The molecule has 0 amide bonds. The van der Waals surface area contributed by atoms with Gasteiger partial charge in [-0.25, -0.2) is 0 Å². The maximum Gasteiger partial charge on any atom is 0.115 e. The number of likely N-dealkylation sites (N-methyl/N-ethyl adjacent to an activating group) is 1. The lowest BCUT2D eigenvalue weighted by atomic mass is 9.69. The van der Waals surface area contributed by atoms with Crippen LogP contribution in [0, 0.1) is 5.92 Å². The minimum Gasteiger partial charge on any atom is -0.508 e. The van der Waals surface area contributed by atoms with E-state index in [1.54, 1.807) is 6.07 Å². The van der Waals surface area contributed by atoms with Gasteiger partial charge in [-0.05, 0) is 43.6 Å². The lowest BCUT2D eigenvalue weighted by molar-refractivity contribution is 0.131. The summed E-state index contributed by atoms with van der Waals surface area (Å²) in [6.07, 6.45) is 1.22. The molecule has 0 saturated carbocycles. The van der Waals surface area contributed by atoms with Crippen molar-refractivity contribution in [2.45, 2.75) is 25.7 Å². The van der Waals surface area contributed by atoms with Crippen LogP contribution in [0.25, 0.3) is 0 Å². The van der Waals surface area contributed by atoms with Crippen molar-refractivity contribution in [3.05, 3.63) is 29.8 Å². The van der Waals surface area contributed by atoms with E-state index in [1.807, 2.05) is 12.1 Å². The molecule has 0 aliphatic carbocycles. The molecule has 1 aromatic carbocycles. The Bertz CT molecular complexity index is 382. The Balaban J connectivity index is 0.00000144. The fourth-order valence-corrected chi connectivity index (χ4v) is 2.77. The number of benzene rings is 1. The van der Waals surface area contributed by atoms with Gasteiger partial charge in [0.15, 0.2) is 0 Å². The Kier molecular flexibility index (Phi) is 4.45. The molecule has 1 aromatic rings. The number of piperidine rings is 1. The van der Waals surface area contributed by atoms with Gasteiger partial charge in [0.25, 0.3) is 0 Å². The van der Waals surface area contributed by atoms with Gasteiger partial charge in [-0.3, -0.25) is 0 Å². The molecule has 96 valence electrons. The molecule has 2 nitrogen and oxygen atoms in total. The highest BCUT2D eigenvalue weighted by Crippen LogP contribution is 2.38. The minimum atomic E-state index is 0. The molecular formula is C14H22ClNO. The molecule has 1 aliphatic rings. The maximum absolute atomic E-state index is 9.60. The molecule has 1 saturated heterocycles. The van der Waals surface area contributed by atoms with Gasteiger partial charge in [0, 0.05) is 12.0 Å². The molecule has 0 spiro atoms. The Morgan fingerprint density at radius 2 is 2.12 bits per heavy atom. The van der Waals surface area contributed by atoms with Crippen molar-refractivity contribution in [2.75, 3.05) is 20.1 Å². The summed E-state index contributed by atoms with van der Waals surface area (Å²) in [5, 5.41) is 9.60. The van der Waals surface area contributed by atoms with Crippen molar-refractivity contribution in [2.24, 2.45) is 5.92 Å². The van der Waals surface area contributed by atoms with Crippen LogP contribution in [0.2, 0.25) is 0 Å². The maximum atomic E-state index is 9.60. The molecule has 17 heavy (non-hydrogen) atoms. The minimum absolute atomic E-state index is 0. The number of hydrogen-bond acceptors (Lipinski definition) is 2. The summed E-state index contributed by atoms with van der Waals surface area (Å²) >= 11 is 0. The Labute approximate surface area is 110 Å². The Morgan fingerprint density at radius 3 is 2.76 bits per heavy atom. The van der Waals surface area contributed by atoms with Crippen LogP contribution in [0.15, 0.2) is 24.3 Å². The second-order valence-corrected chi connectivity index (χ2v) is 5.40. The van der Waals surface area contributed by atoms with Crippen molar-refractivity contribution in [1.82, 2.24) is 4.90 Å². The number of rotatable bonds is 1. The van der Waals surface area contributed by atoms with Gasteiger partial charge in [0.2, 0.25) is 0 Å². The molecule has 1 fully saturated rings. The van der Waals surface area contributed by atoms with Gasteiger partial charge in [-0.2, -0.15) is 0 Å². The van der Waals surface area contributed by atoms with Gasteiger partial charge in [-0.1, -0.05) is 26.0 Å². The zero-order valence-corrected chi connectivity index (χ0v) is 11.6. The molecular weight excluding hydrogens is 234 g/mol. The van der Waals surface area contributed by atoms with Gasteiger partial charge in [0.05, 0.1) is 0 Å². The van der Waals surface area contributed by atoms with Crippen LogP contribution in [0.5, 0.6) is 5.75 Å². The zero-order valence-electron chi connectivity index (χ0n) is 10.8. The third-order valence-corrected chi connectivity index (χ3v) is 4.14. The van der Waals surface area contributed by atoms with Crippen LogP contribution in [0.4, 0.5) is 0 Å². The van der Waals surface area contributed by atoms with Crippen LogP contribution < -0.4 is 0 Å². The van der Waals surface area contributed by atoms with Crippen molar-refractivity contribution in [1.29, 1.82) is 0 Å². The second kappa shape index (κ2) is 5.28.